The van der Waals surface area contributed by atoms with Gasteiger partial charge in [0.1, 0.15) is 5.75 Å². The van der Waals surface area contributed by atoms with Gasteiger partial charge in [-0.25, -0.2) is 0 Å². The predicted octanol–water partition coefficient (Wildman–Crippen LogP) is 2.54. The van der Waals surface area contributed by atoms with Crippen molar-refractivity contribution in [1.82, 2.24) is 9.88 Å². The van der Waals surface area contributed by atoms with Gasteiger partial charge in [0.05, 0.1) is 12.7 Å². The molecule has 0 aliphatic rings. The minimum Gasteiger partial charge on any atom is -0.496 e. The standard InChI is InChI=1S/C16H20N2O2/c1-12-8-9-13(2)18(12)11-10-17-16(19)14-6-4-5-7-15(14)20-3/h4-9H,10-11H2,1-3H3,(H,17,19). The lowest BCUT2D eigenvalue weighted by atomic mass is 10.2. The summed E-state index contributed by atoms with van der Waals surface area (Å²) in [7, 11) is 1.57. The van der Waals surface area contributed by atoms with Gasteiger partial charge in [-0.1, -0.05) is 12.1 Å². The maximum Gasteiger partial charge on any atom is 0.255 e. The molecule has 4 nitrogen and oxygen atoms in total. The number of benzene rings is 1. The molecule has 2 aromatic rings. The topological polar surface area (TPSA) is 43.3 Å². The zero-order valence-corrected chi connectivity index (χ0v) is 12.1. The molecule has 1 heterocycles. The first-order chi connectivity index (χ1) is 9.63. The Morgan fingerprint density at radius 1 is 1.15 bits per heavy atom. The Labute approximate surface area is 119 Å². The van der Waals surface area contributed by atoms with Crippen molar-refractivity contribution in [3.63, 3.8) is 0 Å². The number of rotatable bonds is 5. The molecule has 0 aliphatic carbocycles. The van der Waals surface area contributed by atoms with E-state index in [9.17, 15) is 4.79 Å². The van der Waals surface area contributed by atoms with Gasteiger partial charge in [-0.2, -0.15) is 0 Å². The Bertz CT molecular complexity index is 583. The van der Waals surface area contributed by atoms with Crippen LogP contribution in [0.25, 0.3) is 0 Å². The van der Waals surface area contributed by atoms with Crippen LogP contribution in [-0.4, -0.2) is 24.1 Å². The number of ether oxygens (including phenoxy) is 1. The van der Waals surface area contributed by atoms with Crippen LogP contribution >= 0.6 is 0 Å². The zero-order valence-electron chi connectivity index (χ0n) is 12.1. The lowest BCUT2D eigenvalue weighted by Crippen LogP contribution is -2.28. The Morgan fingerprint density at radius 3 is 2.45 bits per heavy atom. The van der Waals surface area contributed by atoms with Crippen LogP contribution in [0.3, 0.4) is 0 Å². The first-order valence-corrected chi connectivity index (χ1v) is 6.67. The summed E-state index contributed by atoms with van der Waals surface area (Å²) in [5, 5.41) is 2.93. The van der Waals surface area contributed by atoms with Crippen molar-refractivity contribution in [2.24, 2.45) is 0 Å². The number of carbonyl (C=O) groups is 1. The Hall–Kier alpha value is -2.23. The number of hydrogen-bond donors (Lipinski definition) is 1. The van der Waals surface area contributed by atoms with Crippen LogP contribution in [0.4, 0.5) is 0 Å². The minimum absolute atomic E-state index is 0.107. The predicted molar refractivity (Wildman–Crippen MR) is 79.2 cm³/mol. The number of aromatic nitrogens is 1. The molecular weight excluding hydrogens is 252 g/mol. The van der Waals surface area contributed by atoms with Crippen LogP contribution in [0.2, 0.25) is 0 Å². The van der Waals surface area contributed by atoms with Crippen molar-refractivity contribution >= 4 is 5.91 Å². The van der Waals surface area contributed by atoms with Crippen molar-refractivity contribution in [1.29, 1.82) is 0 Å². The normalized spacial score (nSPS) is 10.3. The molecule has 4 heteroatoms. The van der Waals surface area contributed by atoms with E-state index in [1.165, 1.54) is 11.4 Å². The summed E-state index contributed by atoms with van der Waals surface area (Å²) in [6, 6.07) is 11.4. The first kappa shape index (κ1) is 14.2. The summed E-state index contributed by atoms with van der Waals surface area (Å²) in [6.07, 6.45) is 0. The molecule has 0 aliphatic heterocycles. The van der Waals surface area contributed by atoms with Crippen LogP contribution in [-0.2, 0) is 6.54 Å². The SMILES string of the molecule is COc1ccccc1C(=O)NCCn1c(C)ccc1C. The van der Waals surface area contributed by atoms with E-state index in [0.717, 1.165) is 6.54 Å². The fourth-order valence-corrected chi connectivity index (χ4v) is 2.26. The highest BCUT2D eigenvalue weighted by molar-refractivity contribution is 5.96. The molecule has 1 aromatic carbocycles. The number of nitrogens with one attached hydrogen (secondary N) is 1. The molecule has 0 unspecified atom stereocenters. The third-order valence-electron chi connectivity index (χ3n) is 3.39. The molecule has 0 radical (unpaired) electrons. The largest absolute Gasteiger partial charge is 0.496 e. The summed E-state index contributed by atoms with van der Waals surface area (Å²) < 4.78 is 7.37. The molecule has 20 heavy (non-hydrogen) atoms. The monoisotopic (exact) mass is 272 g/mol. The molecule has 106 valence electrons. The maximum atomic E-state index is 12.1. The van der Waals surface area contributed by atoms with Crippen molar-refractivity contribution in [2.45, 2.75) is 20.4 Å². The quantitative estimate of drug-likeness (QED) is 0.909. The third kappa shape index (κ3) is 3.02. The molecule has 0 fully saturated rings. The maximum absolute atomic E-state index is 12.1. The van der Waals surface area contributed by atoms with Gasteiger partial charge in [-0.05, 0) is 38.1 Å². The molecule has 0 saturated carbocycles. The van der Waals surface area contributed by atoms with Crippen molar-refractivity contribution in [3.05, 3.63) is 53.3 Å². The fraction of sp³-hybridized carbons (Fsp3) is 0.312. The van der Waals surface area contributed by atoms with E-state index in [1.54, 1.807) is 19.2 Å². The number of aryl methyl sites for hydroxylation is 2. The Balaban J connectivity index is 1.96. The number of hydrogen-bond acceptors (Lipinski definition) is 2. The van der Waals surface area contributed by atoms with Crippen molar-refractivity contribution in [3.8, 4) is 5.75 Å². The van der Waals surface area contributed by atoms with E-state index in [1.807, 2.05) is 12.1 Å². The molecule has 0 spiro atoms. The van der Waals surface area contributed by atoms with E-state index < -0.39 is 0 Å². The van der Waals surface area contributed by atoms with Crippen molar-refractivity contribution < 1.29 is 9.53 Å². The Morgan fingerprint density at radius 2 is 1.80 bits per heavy atom. The summed E-state index contributed by atoms with van der Waals surface area (Å²) in [6.45, 7) is 5.49. The van der Waals surface area contributed by atoms with Gasteiger partial charge in [0.2, 0.25) is 0 Å². The van der Waals surface area contributed by atoms with E-state index in [4.69, 9.17) is 4.74 Å². The first-order valence-electron chi connectivity index (χ1n) is 6.67. The van der Waals surface area contributed by atoms with E-state index in [-0.39, 0.29) is 5.91 Å². The van der Waals surface area contributed by atoms with Gasteiger partial charge in [0, 0.05) is 24.5 Å². The second kappa shape index (κ2) is 6.28. The van der Waals surface area contributed by atoms with Gasteiger partial charge in [0.25, 0.3) is 5.91 Å². The fourth-order valence-electron chi connectivity index (χ4n) is 2.26. The molecule has 0 atom stereocenters. The van der Waals surface area contributed by atoms with Gasteiger partial charge in [-0.15, -0.1) is 0 Å². The summed E-state index contributed by atoms with van der Waals surface area (Å²) in [5.74, 6) is 0.489. The Kier molecular flexibility index (Phi) is 4.45. The van der Waals surface area contributed by atoms with Gasteiger partial charge >= 0.3 is 0 Å². The van der Waals surface area contributed by atoms with Crippen LogP contribution in [0.15, 0.2) is 36.4 Å². The van der Waals surface area contributed by atoms with Crippen LogP contribution < -0.4 is 10.1 Å². The second-order valence-electron chi connectivity index (χ2n) is 4.72. The molecule has 0 bridgehead atoms. The number of methoxy groups -OCH3 is 1. The second-order valence-corrected chi connectivity index (χ2v) is 4.72. The summed E-state index contributed by atoms with van der Waals surface area (Å²) in [4.78, 5) is 12.1. The number of amides is 1. The minimum atomic E-state index is -0.107. The van der Waals surface area contributed by atoms with Gasteiger partial charge in [0.15, 0.2) is 0 Å². The van der Waals surface area contributed by atoms with E-state index >= 15 is 0 Å². The highest BCUT2D eigenvalue weighted by atomic mass is 16.5. The van der Waals surface area contributed by atoms with Crippen LogP contribution in [0.5, 0.6) is 5.75 Å². The summed E-state index contributed by atoms with van der Waals surface area (Å²) in [5.41, 5.74) is 2.97. The number of para-hydroxylation sites is 1. The molecule has 1 amide bonds. The molecule has 1 N–H and O–H groups in total. The average molecular weight is 272 g/mol. The lowest BCUT2D eigenvalue weighted by Gasteiger charge is -2.11. The zero-order chi connectivity index (χ0) is 14.5. The average Bonchev–Trinajstić information content (AvgIpc) is 2.78. The highest BCUT2D eigenvalue weighted by Crippen LogP contribution is 2.16. The van der Waals surface area contributed by atoms with E-state index in [2.05, 4.69) is 35.9 Å². The van der Waals surface area contributed by atoms with Crippen LogP contribution in [0.1, 0.15) is 21.7 Å². The molecule has 1 aromatic heterocycles. The van der Waals surface area contributed by atoms with Crippen molar-refractivity contribution in [2.75, 3.05) is 13.7 Å². The highest BCUT2D eigenvalue weighted by Gasteiger charge is 2.10. The smallest absolute Gasteiger partial charge is 0.255 e. The third-order valence-corrected chi connectivity index (χ3v) is 3.39. The molecular formula is C16H20N2O2. The molecule has 2 rings (SSSR count). The van der Waals surface area contributed by atoms with Gasteiger partial charge in [-0.3, -0.25) is 4.79 Å². The number of carbonyl (C=O) groups excluding carboxylic acids is 1. The van der Waals surface area contributed by atoms with Crippen LogP contribution in [0, 0.1) is 13.8 Å². The summed E-state index contributed by atoms with van der Waals surface area (Å²) >= 11 is 0. The molecule has 0 saturated heterocycles. The van der Waals surface area contributed by atoms with Gasteiger partial charge < -0.3 is 14.6 Å². The number of nitrogens with zero attached hydrogens (tertiary/aromatic N) is 1. The van der Waals surface area contributed by atoms with E-state index in [0.29, 0.717) is 17.9 Å². The lowest BCUT2D eigenvalue weighted by molar-refractivity contribution is 0.0949.